The van der Waals surface area contributed by atoms with Gasteiger partial charge in [-0.05, 0) is 36.8 Å². The number of rotatable bonds is 7. The number of allylic oxidation sites excluding steroid dienone is 1. The standard InChI is InChI=1S/C21H23N7O/c1-13(23)24-10-15(9-22)14-3-5-17(6-4-14)21(2,18-7-8-18)20-27-19(29-28-20)16-11-25-26-12-16/h3-6,9-12,18H,1,7-8,22-23H2,2H3,(H,25,26)/b15-9+,24-10?/t21-/m1/s1. The summed E-state index contributed by atoms with van der Waals surface area (Å²) >= 11 is 0. The molecule has 2 aromatic heterocycles. The summed E-state index contributed by atoms with van der Waals surface area (Å²) in [6.45, 7) is 5.73. The molecule has 4 rings (SSSR count). The highest BCUT2D eigenvalue weighted by molar-refractivity contribution is 6.09. The van der Waals surface area contributed by atoms with E-state index in [2.05, 4.69) is 51.0 Å². The number of aromatic nitrogens is 4. The lowest BCUT2D eigenvalue weighted by Gasteiger charge is -2.27. The predicted molar refractivity (Wildman–Crippen MR) is 111 cm³/mol. The van der Waals surface area contributed by atoms with E-state index in [9.17, 15) is 0 Å². The molecule has 1 fully saturated rings. The van der Waals surface area contributed by atoms with Crippen LogP contribution in [0.1, 0.15) is 36.7 Å². The van der Waals surface area contributed by atoms with Crippen molar-refractivity contribution in [3.05, 3.63) is 72.2 Å². The molecule has 0 saturated heterocycles. The van der Waals surface area contributed by atoms with Gasteiger partial charge in [0.05, 0.1) is 17.2 Å². The molecule has 0 bridgehead atoms. The van der Waals surface area contributed by atoms with Gasteiger partial charge in [0.2, 0.25) is 0 Å². The van der Waals surface area contributed by atoms with Crippen LogP contribution in [0.15, 0.2) is 64.8 Å². The summed E-state index contributed by atoms with van der Waals surface area (Å²) in [6, 6.07) is 8.18. The summed E-state index contributed by atoms with van der Waals surface area (Å²) in [4.78, 5) is 8.70. The van der Waals surface area contributed by atoms with Crippen molar-refractivity contribution < 1.29 is 4.52 Å². The van der Waals surface area contributed by atoms with Crippen molar-refractivity contribution in [1.82, 2.24) is 20.3 Å². The third kappa shape index (κ3) is 3.56. The Hall–Kier alpha value is -3.68. The molecule has 1 saturated carbocycles. The maximum Gasteiger partial charge on any atom is 0.261 e. The van der Waals surface area contributed by atoms with E-state index in [1.165, 1.54) is 6.20 Å². The van der Waals surface area contributed by atoms with Gasteiger partial charge >= 0.3 is 0 Å². The first kappa shape index (κ1) is 18.7. The predicted octanol–water partition coefficient (Wildman–Crippen LogP) is 2.98. The number of hydrogen-bond donors (Lipinski definition) is 3. The number of nitrogens with two attached hydrogens (primary N) is 2. The fraction of sp³-hybridized carbons (Fsp3) is 0.238. The topological polar surface area (TPSA) is 132 Å². The minimum atomic E-state index is -0.337. The van der Waals surface area contributed by atoms with E-state index < -0.39 is 0 Å². The third-order valence-electron chi connectivity index (χ3n) is 5.40. The molecule has 1 aliphatic rings. The first-order chi connectivity index (χ1) is 14.0. The van der Waals surface area contributed by atoms with Gasteiger partial charge in [-0.1, -0.05) is 36.0 Å². The molecular formula is C21H23N7O. The maximum absolute atomic E-state index is 5.75. The highest BCUT2D eigenvalue weighted by Gasteiger charge is 2.47. The third-order valence-corrected chi connectivity index (χ3v) is 5.40. The van der Waals surface area contributed by atoms with E-state index in [0.29, 0.717) is 17.6 Å². The SMILES string of the molecule is C=C(N)N=C/C(=C\N)c1ccc([C@@](C)(c2noc(-c3cn[nH]c3)n2)C2CC2)cc1. The molecule has 29 heavy (non-hydrogen) atoms. The van der Waals surface area contributed by atoms with Crippen molar-refractivity contribution in [2.45, 2.75) is 25.2 Å². The zero-order valence-electron chi connectivity index (χ0n) is 16.2. The number of aromatic amines is 1. The second-order valence-electron chi connectivity index (χ2n) is 7.34. The number of aliphatic imine (C=N–C) groups is 1. The molecule has 2 heterocycles. The lowest BCUT2D eigenvalue weighted by atomic mass is 9.76. The molecule has 1 atom stereocenters. The zero-order valence-corrected chi connectivity index (χ0v) is 16.2. The Morgan fingerprint density at radius 2 is 2.10 bits per heavy atom. The smallest absolute Gasteiger partial charge is 0.261 e. The Morgan fingerprint density at radius 1 is 1.34 bits per heavy atom. The fourth-order valence-electron chi connectivity index (χ4n) is 3.50. The summed E-state index contributed by atoms with van der Waals surface area (Å²) in [5.41, 5.74) is 14.5. The van der Waals surface area contributed by atoms with Gasteiger partial charge in [0.1, 0.15) is 5.82 Å². The molecule has 0 amide bonds. The first-order valence-electron chi connectivity index (χ1n) is 9.37. The summed E-state index contributed by atoms with van der Waals surface area (Å²) in [5, 5.41) is 11.0. The quantitative estimate of drug-likeness (QED) is 0.532. The van der Waals surface area contributed by atoms with Crippen LogP contribution >= 0.6 is 0 Å². The van der Waals surface area contributed by atoms with Crippen LogP contribution in [0.25, 0.3) is 17.0 Å². The van der Waals surface area contributed by atoms with E-state index in [1.54, 1.807) is 18.6 Å². The van der Waals surface area contributed by atoms with Crippen molar-refractivity contribution in [1.29, 1.82) is 0 Å². The van der Waals surface area contributed by atoms with E-state index >= 15 is 0 Å². The Labute approximate surface area is 168 Å². The highest BCUT2D eigenvalue weighted by atomic mass is 16.5. The normalized spacial score (nSPS) is 16.8. The minimum Gasteiger partial charge on any atom is -0.404 e. The van der Waals surface area contributed by atoms with Crippen LogP contribution < -0.4 is 11.5 Å². The molecule has 8 heteroatoms. The molecule has 1 aromatic carbocycles. The van der Waals surface area contributed by atoms with Gasteiger partial charge in [-0.3, -0.25) is 5.10 Å². The van der Waals surface area contributed by atoms with Crippen LogP contribution in [0.4, 0.5) is 0 Å². The van der Waals surface area contributed by atoms with E-state index in [0.717, 1.165) is 35.1 Å². The Bertz CT molecular complexity index is 1060. The monoisotopic (exact) mass is 389 g/mol. The van der Waals surface area contributed by atoms with Crippen LogP contribution in [0, 0.1) is 5.92 Å². The van der Waals surface area contributed by atoms with Crippen LogP contribution in [0.2, 0.25) is 0 Å². The van der Waals surface area contributed by atoms with Crippen molar-refractivity contribution >= 4 is 11.8 Å². The van der Waals surface area contributed by atoms with Gasteiger partial charge in [0.15, 0.2) is 5.82 Å². The number of nitrogens with one attached hydrogen (secondary N) is 1. The average molecular weight is 389 g/mol. The van der Waals surface area contributed by atoms with Crippen molar-refractivity contribution in [2.75, 3.05) is 0 Å². The van der Waals surface area contributed by atoms with Gasteiger partial charge in [-0.25, -0.2) is 4.99 Å². The van der Waals surface area contributed by atoms with Crippen molar-refractivity contribution in [3.8, 4) is 11.5 Å². The van der Waals surface area contributed by atoms with E-state index in [4.69, 9.17) is 16.0 Å². The lowest BCUT2D eigenvalue weighted by Crippen LogP contribution is -2.28. The van der Waals surface area contributed by atoms with Gasteiger partial charge in [0, 0.05) is 24.2 Å². The lowest BCUT2D eigenvalue weighted by molar-refractivity contribution is 0.386. The first-order valence-corrected chi connectivity index (χ1v) is 9.37. The van der Waals surface area contributed by atoms with Crippen molar-refractivity contribution in [3.63, 3.8) is 0 Å². The Morgan fingerprint density at radius 3 is 2.69 bits per heavy atom. The molecule has 0 spiro atoms. The molecule has 0 aliphatic heterocycles. The van der Waals surface area contributed by atoms with Crippen LogP contribution in [-0.2, 0) is 5.41 Å². The van der Waals surface area contributed by atoms with Gasteiger partial charge in [-0.15, -0.1) is 0 Å². The maximum atomic E-state index is 5.75. The summed E-state index contributed by atoms with van der Waals surface area (Å²) in [6.07, 6.45) is 8.77. The minimum absolute atomic E-state index is 0.229. The van der Waals surface area contributed by atoms with Crippen molar-refractivity contribution in [2.24, 2.45) is 22.4 Å². The zero-order chi connectivity index (χ0) is 20.4. The summed E-state index contributed by atoms with van der Waals surface area (Å²) < 4.78 is 5.50. The average Bonchev–Trinajstić information content (AvgIpc) is 3.22. The number of H-pyrrole nitrogens is 1. The molecular weight excluding hydrogens is 366 g/mol. The molecule has 5 N–H and O–H groups in total. The second kappa shape index (κ2) is 7.38. The van der Waals surface area contributed by atoms with Crippen LogP contribution in [0.5, 0.6) is 0 Å². The molecule has 1 aliphatic carbocycles. The molecule has 3 aromatic rings. The fourth-order valence-corrected chi connectivity index (χ4v) is 3.50. The van der Waals surface area contributed by atoms with Gasteiger partial charge in [0.25, 0.3) is 5.89 Å². The number of benzene rings is 1. The van der Waals surface area contributed by atoms with E-state index in [-0.39, 0.29) is 11.2 Å². The van der Waals surface area contributed by atoms with Gasteiger partial charge in [-0.2, -0.15) is 10.1 Å². The van der Waals surface area contributed by atoms with Crippen LogP contribution in [-0.4, -0.2) is 26.6 Å². The molecule has 148 valence electrons. The van der Waals surface area contributed by atoms with Gasteiger partial charge < -0.3 is 16.0 Å². The molecule has 0 radical (unpaired) electrons. The highest BCUT2D eigenvalue weighted by Crippen LogP contribution is 2.50. The van der Waals surface area contributed by atoms with E-state index in [1.807, 2.05) is 12.1 Å². The summed E-state index contributed by atoms with van der Waals surface area (Å²) in [5.74, 6) is 1.84. The Kier molecular flexibility index (Phi) is 4.75. The largest absolute Gasteiger partial charge is 0.404 e. The number of hydrogen-bond acceptors (Lipinski definition) is 7. The Balaban J connectivity index is 1.66. The second-order valence-corrected chi connectivity index (χ2v) is 7.34. The molecule has 0 unspecified atom stereocenters. The number of nitrogens with zero attached hydrogens (tertiary/aromatic N) is 4. The summed E-state index contributed by atoms with van der Waals surface area (Å²) in [7, 11) is 0. The molecule has 8 nitrogen and oxygen atoms in total. The van der Waals surface area contributed by atoms with Crippen LogP contribution in [0.3, 0.4) is 0 Å².